The van der Waals surface area contributed by atoms with E-state index in [2.05, 4.69) is 47.3 Å². The molecule has 1 N–H and O–H groups in total. The third-order valence-electron chi connectivity index (χ3n) is 3.21. The Kier molecular flexibility index (Phi) is 3.94. The van der Waals surface area contributed by atoms with Crippen LogP contribution in [0.5, 0.6) is 0 Å². The Morgan fingerprint density at radius 1 is 1.53 bits per heavy atom. The van der Waals surface area contributed by atoms with Crippen LogP contribution in [0, 0.1) is 6.92 Å². The molecule has 4 nitrogen and oxygen atoms in total. The molecule has 0 saturated carbocycles. The van der Waals surface area contributed by atoms with E-state index in [4.69, 9.17) is 0 Å². The van der Waals surface area contributed by atoms with E-state index in [1.165, 1.54) is 18.4 Å². The van der Waals surface area contributed by atoms with Crippen molar-refractivity contribution in [1.29, 1.82) is 0 Å². The van der Waals surface area contributed by atoms with Crippen LogP contribution in [0.4, 0.5) is 5.82 Å². The van der Waals surface area contributed by atoms with E-state index in [-0.39, 0.29) is 0 Å². The second-order valence-corrected chi connectivity index (χ2v) is 5.14. The molecule has 1 aliphatic rings. The lowest BCUT2D eigenvalue weighted by Gasteiger charge is -2.26. The highest BCUT2D eigenvalue weighted by Crippen LogP contribution is 2.23. The number of hydrogen-bond donors (Lipinski definition) is 1. The molecule has 0 spiro atoms. The molecular formula is C13H22N4. The highest BCUT2D eigenvalue weighted by molar-refractivity contribution is 5.41. The van der Waals surface area contributed by atoms with Gasteiger partial charge >= 0.3 is 0 Å². The monoisotopic (exact) mass is 234 g/mol. The summed E-state index contributed by atoms with van der Waals surface area (Å²) in [6.07, 6.45) is 4.30. The van der Waals surface area contributed by atoms with Gasteiger partial charge in [-0.1, -0.05) is 13.8 Å². The molecule has 1 aromatic rings. The number of nitrogens with zero attached hydrogens (tertiary/aromatic N) is 3. The predicted octanol–water partition coefficient (Wildman–Crippen LogP) is 1.75. The molecule has 17 heavy (non-hydrogen) atoms. The molecule has 0 amide bonds. The minimum absolute atomic E-state index is 0.543. The predicted molar refractivity (Wildman–Crippen MR) is 70.3 cm³/mol. The Bertz CT molecular complexity index is 364. The van der Waals surface area contributed by atoms with Crippen LogP contribution in [0.15, 0.2) is 12.3 Å². The fraction of sp³-hybridized carbons (Fsp3) is 0.692. The van der Waals surface area contributed by atoms with Crippen molar-refractivity contribution < 1.29 is 0 Å². The van der Waals surface area contributed by atoms with Crippen LogP contribution in [0.25, 0.3) is 0 Å². The van der Waals surface area contributed by atoms with Crippen LogP contribution in [0.3, 0.4) is 0 Å². The Balaban J connectivity index is 2.04. The highest BCUT2D eigenvalue weighted by Gasteiger charge is 2.25. The van der Waals surface area contributed by atoms with Crippen LogP contribution < -0.4 is 10.2 Å². The van der Waals surface area contributed by atoms with E-state index in [1.54, 1.807) is 6.20 Å². The van der Waals surface area contributed by atoms with Crippen molar-refractivity contribution in [2.75, 3.05) is 18.0 Å². The highest BCUT2D eigenvalue weighted by atomic mass is 15.3. The first-order valence-corrected chi connectivity index (χ1v) is 6.46. The van der Waals surface area contributed by atoms with Crippen molar-refractivity contribution in [2.24, 2.45) is 0 Å². The van der Waals surface area contributed by atoms with Crippen LogP contribution >= 0.6 is 0 Å². The summed E-state index contributed by atoms with van der Waals surface area (Å²) in [5, 5.41) is 11.8. The van der Waals surface area contributed by atoms with E-state index in [0.717, 1.165) is 18.9 Å². The van der Waals surface area contributed by atoms with Gasteiger partial charge in [0.1, 0.15) is 0 Å². The largest absolute Gasteiger partial charge is 0.351 e. The van der Waals surface area contributed by atoms with E-state index in [0.29, 0.717) is 12.1 Å². The van der Waals surface area contributed by atoms with Gasteiger partial charge in [0.2, 0.25) is 0 Å². The SMILES string of the molecule is Cc1cnnc(N2CCCC2CNC(C)C)c1. The minimum atomic E-state index is 0.543. The second-order valence-electron chi connectivity index (χ2n) is 5.14. The first-order chi connectivity index (χ1) is 8.16. The first-order valence-electron chi connectivity index (χ1n) is 6.46. The van der Waals surface area contributed by atoms with Gasteiger partial charge in [-0.25, -0.2) is 0 Å². The summed E-state index contributed by atoms with van der Waals surface area (Å²) >= 11 is 0. The van der Waals surface area contributed by atoms with Crippen LogP contribution in [-0.2, 0) is 0 Å². The molecule has 0 aromatic carbocycles. The molecule has 1 atom stereocenters. The summed E-state index contributed by atoms with van der Waals surface area (Å²) in [4.78, 5) is 2.38. The number of aromatic nitrogens is 2. The van der Waals surface area contributed by atoms with Crippen molar-refractivity contribution in [3.63, 3.8) is 0 Å². The van der Waals surface area contributed by atoms with E-state index >= 15 is 0 Å². The Morgan fingerprint density at radius 2 is 2.35 bits per heavy atom. The number of anilines is 1. The molecule has 4 heteroatoms. The van der Waals surface area contributed by atoms with Gasteiger partial charge in [-0.05, 0) is 31.4 Å². The van der Waals surface area contributed by atoms with Gasteiger partial charge in [0, 0.05) is 25.2 Å². The average Bonchev–Trinajstić information content (AvgIpc) is 2.74. The molecule has 1 aliphatic heterocycles. The smallest absolute Gasteiger partial charge is 0.151 e. The summed E-state index contributed by atoms with van der Waals surface area (Å²) in [5.41, 5.74) is 1.18. The van der Waals surface area contributed by atoms with Gasteiger partial charge in [0.25, 0.3) is 0 Å². The average molecular weight is 234 g/mol. The summed E-state index contributed by atoms with van der Waals surface area (Å²) < 4.78 is 0. The summed E-state index contributed by atoms with van der Waals surface area (Å²) in [6, 6.07) is 3.23. The van der Waals surface area contributed by atoms with Crippen molar-refractivity contribution in [1.82, 2.24) is 15.5 Å². The molecule has 1 aromatic heterocycles. The van der Waals surface area contributed by atoms with Crippen molar-refractivity contribution in [2.45, 2.75) is 45.7 Å². The zero-order valence-corrected chi connectivity index (χ0v) is 11.0. The molecule has 1 unspecified atom stereocenters. The fourth-order valence-electron chi connectivity index (χ4n) is 2.31. The Hall–Kier alpha value is -1.16. The summed E-state index contributed by atoms with van der Waals surface area (Å²) in [5.74, 6) is 1.03. The zero-order chi connectivity index (χ0) is 12.3. The second kappa shape index (κ2) is 5.45. The molecule has 0 radical (unpaired) electrons. The van der Waals surface area contributed by atoms with Crippen molar-refractivity contribution in [3.8, 4) is 0 Å². The maximum atomic E-state index is 4.25. The zero-order valence-electron chi connectivity index (χ0n) is 11.0. The molecule has 2 rings (SSSR count). The van der Waals surface area contributed by atoms with Gasteiger partial charge in [-0.3, -0.25) is 0 Å². The molecular weight excluding hydrogens is 212 g/mol. The molecule has 2 heterocycles. The third kappa shape index (κ3) is 3.16. The van der Waals surface area contributed by atoms with Gasteiger partial charge in [0.15, 0.2) is 5.82 Å². The minimum Gasteiger partial charge on any atom is -0.351 e. The normalized spacial score (nSPS) is 20.2. The van der Waals surface area contributed by atoms with Crippen molar-refractivity contribution >= 4 is 5.82 Å². The lowest BCUT2D eigenvalue weighted by Crippen LogP contribution is -2.40. The Labute approximate surface area is 103 Å². The van der Waals surface area contributed by atoms with Gasteiger partial charge in [-0.15, -0.1) is 5.10 Å². The summed E-state index contributed by atoms with van der Waals surface area (Å²) in [6.45, 7) is 8.57. The van der Waals surface area contributed by atoms with Crippen LogP contribution in [-0.4, -0.2) is 35.4 Å². The molecule has 0 aliphatic carbocycles. The molecule has 1 fully saturated rings. The molecule has 0 bridgehead atoms. The summed E-state index contributed by atoms with van der Waals surface area (Å²) in [7, 11) is 0. The number of hydrogen-bond acceptors (Lipinski definition) is 4. The van der Waals surface area contributed by atoms with Crippen LogP contribution in [0.2, 0.25) is 0 Å². The fourth-order valence-corrected chi connectivity index (χ4v) is 2.31. The lowest BCUT2D eigenvalue weighted by molar-refractivity contribution is 0.521. The van der Waals surface area contributed by atoms with Crippen LogP contribution in [0.1, 0.15) is 32.3 Å². The standard InChI is InChI=1S/C13H22N4/c1-10(2)14-9-12-5-4-6-17(12)13-7-11(3)8-15-16-13/h7-8,10,12,14H,4-6,9H2,1-3H3. The molecule has 94 valence electrons. The number of nitrogens with one attached hydrogen (secondary N) is 1. The molecule has 1 saturated heterocycles. The Morgan fingerprint density at radius 3 is 3.06 bits per heavy atom. The quantitative estimate of drug-likeness (QED) is 0.861. The van der Waals surface area contributed by atoms with E-state index in [1.807, 2.05) is 0 Å². The van der Waals surface area contributed by atoms with Crippen molar-refractivity contribution in [3.05, 3.63) is 17.8 Å². The van der Waals surface area contributed by atoms with Gasteiger partial charge in [0.05, 0.1) is 6.20 Å². The van der Waals surface area contributed by atoms with Gasteiger partial charge in [-0.2, -0.15) is 5.10 Å². The lowest BCUT2D eigenvalue weighted by atomic mass is 10.2. The van der Waals surface area contributed by atoms with E-state index < -0.39 is 0 Å². The van der Waals surface area contributed by atoms with Gasteiger partial charge < -0.3 is 10.2 Å². The topological polar surface area (TPSA) is 41.1 Å². The maximum Gasteiger partial charge on any atom is 0.151 e. The first kappa shape index (κ1) is 12.3. The number of aryl methyl sites for hydroxylation is 1. The third-order valence-corrected chi connectivity index (χ3v) is 3.21. The maximum absolute atomic E-state index is 4.25. The van der Waals surface area contributed by atoms with E-state index in [9.17, 15) is 0 Å². The number of rotatable bonds is 4.